The summed E-state index contributed by atoms with van der Waals surface area (Å²) in [6.45, 7) is 4.34. The van der Waals surface area contributed by atoms with E-state index in [2.05, 4.69) is 5.32 Å². The average Bonchev–Trinajstić information content (AvgIpc) is 2.84. The molecule has 0 aromatic heterocycles. The summed E-state index contributed by atoms with van der Waals surface area (Å²) in [5, 5.41) is 2.76. The largest absolute Gasteiger partial charge is 0.497 e. The molecule has 1 unspecified atom stereocenters. The van der Waals surface area contributed by atoms with E-state index in [0.29, 0.717) is 30.2 Å². The van der Waals surface area contributed by atoms with Crippen molar-refractivity contribution in [2.24, 2.45) is 0 Å². The van der Waals surface area contributed by atoms with Crippen molar-refractivity contribution in [2.75, 3.05) is 37.9 Å². The van der Waals surface area contributed by atoms with E-state index in [1.807, 2.05) is 19.1 Å². The number of benzene rings is 2. The summed E-state index contributed by atoms with van der Waals surface area (Å²) in [4.78, 5) is 27.2. The fourth-order valence-electron chi connectivity index (χ4n) is 3.58. The Hall–Kier alpha value is -3.27. The van der Waals surface area contributed by atoms with Gasteiger partial charge in [-0.2, -0.15) is 0 Å². The fourth-order valence-corrected chi connectivity index (χ4v) is 4.55. The quantitative estimate of drug-likeness (QED) is 0.449. The normalized spacial score (nSPS) is 11.9. The van der Waals surface area contributed by atoms with Crippen LogP contribution in [-0.4, -0.2) is 64.7 Å². The molecule has 10 heteroatoms. The Balaban J connectivity index is 2.14. The molecule has 0 bridgehead atoms. The van der Waals surface area contributed by atoms with E-state index in [-0.39, 0.29) is 31.3 Å². The van der Waals surface area contributed by atoms with E-state index < -0.39 is 16.1 Å². The highest BCUT2D eigenvalue weighted by atomic mass is 32.2. The molecule has 0 saturated carbocycles. The third-order valence-electron chi connectivity index (χ3n) is 5.54. The Kier molecular flexibility index (Phi) is 10.4. The average molecular weight is 506 g/mol. The Labute approximate surface area is 208 Å². The zero-order chi connectivity index (χ0) is 26.0. The molecule has 1 atom stereocenters. The van der Waals surface area contributed by atoms with Crippen molar-refractivity contribution in [1.29, 1.82) is 0 Å². The molecule has 0 aliphatic rings. The first-order valence-electron chi connectivity index (χ1n) is 11.4. The van der Waals surface area contributed by atoms with Crippen LogP contribution < -0.4 is 19.1 Å². The number of anilines is 1. The van der Waals surface area contributed by atoms with Crippen LogP contribution in [0.5, 0.6) is 11.5 Å². The number of carbonyl (C=O) groups is 2. The van der Waals surface area contributed by atoms with Crippen LogP contribution in [0.15, 0.2) is 48.5 Å². The lowest BCUT2D eigenvalue weighted by Crippen LogP contribution is -2.47. The smallest absolute Gasteiger partial charge is 0.242 e. The number of methoxy groups -OCH3 is 2. The van der Waals surface area contributed by atoms with Gasteiger partial charge in [-0.1, -0.05) is 12.1 Å². The lowest BCUT2D eigenvalue weighted by atomic mass is 10.1. The number of sulfonamides is 1. The van der Waals surface area contributed by atoms with Gasteiger partial charge in [-0.3, -0.25) is 13.9 Å². The molecule has 2 rings (SSSR count). The second-order valence-electron chi connectivity index (χ2n) is 8.08. The predicted molar refractivity (Wildman–Crippen MR) is 136 cm³/mol. The van der Waals surface area contributed by atoms with Crippen LogP contribution in [0.25, 0.3) is 0 Å². The van der Waals surface area contributed by atoms with E-state index in [9.17, 15) is 18.0 Å². The summed E-state index contributed by atoms with van der Waals surface area (Å²) in [6.07, 6.45) is 1.51. The van der Waals surface area contributed by atoms with Gasteiger partial charge in [0.1, 0.15) is 17.5 Å². The maximum absolute atomic E-state index is 13.2. The van der Waals surface area contributed by atoms with Crippen LogP contribution in [0.4, 0.5) is 5.69 Å². The third-order valence-corrected chi connectivity index (χ3v) is 6.74. The van der Waals surface area contributed by atoms with Crippen molar-refractivity contribution < 1.29 is 27.5 Å². The molecule has 9 nitrogen and oxygen atoms in total. The van der Waals surface area contributed by atoms with Crippen molar-refractivity contribution in [3.63, 3.8) is 0 Å². The highest BCUT2D eigenvalue weighted by Crippen LogP contribution is 2.22. The molecular weight excluding hydrogens is 470 g/mol. The van der Waals surface area contributed by atoms with Gasteiger partial charge in [-0.05, 0) is 62.2 Å². The molecule has 192 valence electrons. The standard InChI is InChI=1S/C25H35N3O6S/c1-6-26-25(30)19(2)27(18-20-9-13-22(33-3)14-10-20)24(29)8-7-17-28(35(5,31)32)21-11-15-23(34-4)16-12-21/h9-16,19H,6-8,17-18H2,1-5H3,(H,26,30). The monoisotopic (exact) mass is 505 g/mol. The van der Waals surface area contributed by atoms with E-state index >= 15 is 0 Å². The zero-order valence-electron chi connectivity index (χ0n) is 21.0. The first-order chi connectivity index (χ1) is 16.6. The SMILES string of the molecule is CCNC(=O)C(C)N(Cc1ccc(OC)cc1)C(=O)CCCN(c1ccc(OC)cc1)S(C)(=O)=O. The molecule has 0 aliphatic carbocycles. The topological polar surface area (TPSA) is 105 Å². The highest BCUT2D eigenvalue weighted by Gasteiger charge is 2.26. The molecule has 1 N–H and O–H groups in total. The minimum Gasteiger partial charge on any atom is -0.497 e. The molecule has 2 aromatic carbocycles. The third kappa shape index (κ3) is 8.17. The Morgan fingerprint density at radius 3 is 2.00 bits per heavy atom. The second kappa shape index (κ2) is 13.0. The van der Waals surface area contributed by atoms with Crippen LogP contribution in [0, 0.1) is 0 Å². The molecule has 35 heavy (non-hydrogen) atoms. The van der Waals surface area contributed by atoms with Crippen molar-refractivity contribution in [2.45, 2.75) is 39.3 Å². The lowest BCUT2D eigenvalue weighted by molar-refractivity contribution is -0.140. The minimum absolute atomic E-state index is 0.0854. The van der Waals surface area contributed by atoms with Crippen LogP contribution in [0.3, 0.4) is 0 Å². The summed E-state index contributed by atoms with van der Waals surface area (Å²) in [5.74, 6) is 0.835. The number of amides is 2. The molecule has 0 saturated heterocycles. The first-order valence-corrected chi connectivity index (χ1v) is 13.3. The Morgan fingerprint density at radius 1 is 0.971 bits per heavy atom. The molecule has 2 amide bonds. The predicted octanol–water partition coefficient (Wildman–Crippen LogP) is 2.80. The van der Waals surface area contributed by atoms with Gasteiger partial charge in [-0.25, -0.2) is 8.42 Å². The number of hydrogen-bond donors (Lipinski definition) is 1. The molecule has 0 spiro atoms. The van der Waals surface area contributed by atoms with E-state index in [1.54, 1.807) is 50.4 Å². The Bertz CT molecular complexity index is 1070. The van der Waals surface area contributed by atoms with Crippen molar-refractivity contribution >= 4 is 27.5 Å². The van der Waals surface area contributed by atoms with E-state index in [0.717, 1.165) is 11.8 Å². The van der Waals surface area contributed by atoms with Gasteiger partial charge >= 0.3 is 0 Å². The van der Waals surface area contributed by atoms with E-state index in [1.165, 1.54) is 16.3 Å². The number of nitrogens with one attached hydrogen (secondary N) is 1. The van der Waals surface area contributed by atoms with Gasteiger partial charge in [0.15, 0.2) is 0 Å². The molecular formula is C25H35N3O6S. The number of carbonyl (C=O) groups excluding carboxylic acids is 2. The fraction of sp³-hybridized carbons (Fsp3) is 0.440. The van der Waals surface area contributed by atoms with Gasteiger partial charge in [0.05, 0.1) is 26.2 Å². The van der Waals surface area contributed by atoms with Gasteiger partial charge in [0.25, 0.3) is 0 Å². The number of hydrogen-bond acceptors (Lipinski definition) is 6. The van der Waals surface area contributed by atoms with Gasteiger partial charge in [0, 0.05) is 26.1 Å². The van der Waals surface area contributed by atoms with Crippen molar-refractivity contribution in [3.05, 3.63) is 54.1 Å². The summed E-state index contributed by atoms with van der Waals surface area (Å²) in [7, 11) is -0.443. The van der Waals surface area contributed by atoms with Gasteiger partial charge < -0.3 is 19.7 Å². The molecule has 2 aromatic rings. The van der Waals surface area contributed by atoms with Crippen molar-refractivity contribution in [1.82, 2.24) is 10.2 Å². The molecule has 0 heterocycles. The van der Waals surface area contributed by atoms with Crippen LogP contribution in [0.1, 0.15) is 32.3 Å². The van der Waals surface area contributed by atoms with E-state index in [4.69, 9.17) is 9.47 Å². The summed E-state index contributed by atoms with van der Waals surface area (Å²) < 4.78 is 36.4. The molecule has 0 aliphatic heterocycles. The highest BCUT2D eigenvalue weighted by molar-refractivity contribution is 7.92. The number of nitrogens with zero attached hydrogens (tertiary/aromatic N) is 2. The second-order valence-corrected chi connectivity index (χ2v) is 9.98. The number of ether oxygens (including phenoxy) is 2. The lowest BCUT2D eigenvalue weighted by Gasteiger charge is -2.29. The Morgan fingerprint density at radius 2 is 1.51 bits per heavy atom. The maximum atomic E-state index is 13.2. The molecule has 0 fully saturated rings. The number of likely N-dealkylation sites (N-methyl/N-ethyl adjacent to an activating group) is 1. The van der Waals surface area contributed by atoms with Gasteiger partial charge in [0.2, 0.25) is 21.8 Å². The first kappa shape index (κ1) is 28.0. The van der Waals surface area contributed by atoms with Crippen LogP contribution in [0.2, 0.25) is 0 Å². The van der Waals surface area contributed by atoms with Gasteiger partial charge in [-0.15, -0.1) is 0 Å². The summed E-state index contributed by atoms with van der Waals surface area (Å²) in [6, 6.07) is 13.3. The number of rotatable bonds is 13. The van der Waals surface area contributed by atoms with Crippen LogP contribution >= 0.6 is 0 Å². The van der Waals surface area contributed by atoms with Crippen molar-refractivity contribution in [3.8, 4) is 11.5 Å². The van der Waals surface area contributed by atoms with Crippen LogP contribution in [-0.2, 0) is 26.2 Å². The minimum atomic E-state index is -3.56. The maximum Gasteiger partial charge on any atom is 0.242 e. The summed E-state index contributed by atoms with van der Waals surface area (Å²) in [5.41, 5.74) is 1.35. The summed E-state index contributed by atoms with van der Waals surface area (Å²) >= 11 is 0. The molecule has 0 radical (unpaired) electrons. The zero-order valence-corrected chi connectivity index (χ0v) is 21.8.